The fraction of sp³-hybridized carbons (Fsp3) is 0.364. The zero-order valence-corrected chi connectivity index (χ0v) is 9.50. The van der Waals surface area contributed by atoms with Gasteiger partial charge in [0, 0.05) is 25.4 Å². The maximum absolute atomic E-state index is 10.5. The summed E-state index contributed by atoms with van der Waals surface area (Å²) in [5, 5.41) is 15.9. The van der Waals surface area contributed by atoms with Crippen LogP contribution in [0.4, 0.5) is 5.82 Å². The van der Waals surface area contributed by atoms with Gasteiger partial charge in [0.2, 0.25) is 0 Å². The predicted molar refractivity (Wildman–Crippen MR) is 62.9 cm³/mol. The van der Waals surface area contributed by atoms with Crippen molar-refractivity contribution in [1.82, 2.24) is 14.6 Å². The van der Waals surface area contributed by atoms with Crippen molar-refractivity contribution in [1.29, 1.82) is 0 Å². The third-order valence-electron chi connectivity index (χ3n) is 2.47. The maximum Gasteiger partial charge on any atom is 0.303 e. The molecule has 1 unspecified atom stereocenters. The molecule has 0 fully saturated rings. The van der Waals surface area contributed by atoms with E-state index in [1.54, 1.807) is 23.1 Å². The Morgan fingerprint density at radius 3 is 3.18 bits per heavy atom. The van der Waals surface area contributed by atoms with Crippen LogP contribution in [0.3, 0.4) is 0 Å². The molecule has 6 nitrogen and oxygen atoms in total. The molecule has 0 saturated heterocycles. The summed E-state index contributed by atoms with van der Waals surface area (Å²) in [5.74, 6) is -0.00506. The number of anilines is 1. The van der Waals surface area contributed by atoms with Gasteiger partial charge in [-0.05, 0) is 12.0 Å². The van der Waals surface area contributed by atoms with E-state index < -0.39 is 5.97 Å². The number of fused-ring (bicyclic) bond motifs is 1. The topological polar surface area (TPSA) is 79.5 Å². The lowest BCUT2D eigenvalue weighted by Crippen LogP contribution is -2.16. The molecule has 2 rings (SSSR count). The van der Waals surface area contributed by atoms with Crippen LogP contribution in [0.1, 0.15) is 13.3 Å². The molecule has 0 amide bonds. The first kappa shape index (κ1) is 11.4. The third-order valence-corrected chi connectivity index (χ3v) is 2.47. The summed E-state index contributed by atoms with van der Waals surface area (Å²) in [6.45, 7) is 2.46. The quantitative estimate of drug-likeness (QED) is 0.814. The molecule has 17 heavy (non-hydrogen) atoms. The summed E-state index contributed by atoms with van der Waals surface area (Å²) in [5.41, 5.74) is 0.884. The molecule has 0 bridgehead atoms. The van der Waals surface area contributed by atoms with Crippen LogP contribution in [0.5, 0.6) is 0 Å². The SMILES string of the molecule is CC(CNc1nccn2nccc12)CC(=O)O. The van der Waals surface area contributed by atoms with Crippen molar-refractivity contribution < 1.29 is 9.90 Å². The Kier molecular flexibility index (Phi) is 3.22. The van der Waals surface area contributed by atoms with E-state index >= 15 is 0 Å². The monoisotopic (exact) mass is 234 g/mol. The molecule has 0 spiro atoms. The number of carboxylic acids is 1. The number of carbonyl (C=O) groups is 1. The van der Waals surface area contributed by atoms with Crippen LogP contribution in [0.2, 0.25) is 0 Å². The second kappa shape index (κ2) is 4.82. The zero-order valence-electron chi connectivity index (χ0n) is 9.50. The van der Waals surface area contributed by atoms with Crippen LogP contribution < -0.4 is 5.32 Å². The van der Waals surface area contributed by atoms with Gasteiger partial charge in [0.15, 0.2) is 5.82 Å². The van der Waals surface area contributed by atoms with Crippen LogP contribution in [0, 0.1) is 5.92 Å². The van der Waals surface area contributed by atoms with Crippen LogP contribution in [-0.4, -0.2) is 32.2 Å². The van der Waals surface area contributed by atoms with Crippen molar-refractivity contribution in [3.63, 3.8) is 0 Å². The second-order valence-corrected chi connectivity index (χ2v) is 4.02. The molecule has 0 aliphatic heterocycles. The molecule has 1 atom stereocenters. The molecular weight excluding hydrogens is 220 g/mol. The Hall–Kier alpha value is -2.11. The van der Waals surface area contributed by atoms with E-state index in [4.69, 9.17) is 5.11 Å². The molecule has 2 aromatic rings. The Labute approximate surface area is 98.3 Å². The summed E-state index contributed by atoms with van der Waals surface area (Å²) in [7, 11) is 0. The number of nitrogens with zero attached hydrogens (tertiary/aromatic N) is 3. The normalized spacial score (nSPS) is 12.5. The van der Waals surface area contributed by atoms with Crippen molar-refractivity contribution in [2.75, 3.05) is 11.9 Å². The van der Waals surface area contributed by atoms with Crippen molar-refractivity contribution in [2.45, 2.75) is 13.3 Å². The largest absolute Gasteiger partial charge is 0.481 e. The fourth-order valence-electron chi connectivity index (χ4n) is 1.64. The molecule has 2 heterocycles. The van der Waals surface area contributed by atoms with E-state index in [2.05, 4.69) is 15.4 Å². The van der Waals surface area contributed by atoms with Crippen LogP contribution in [0.15, 0.2) is 24.7 Å². The molecule has 0 radical (unpaired) electrons. The number of hydrogen-bond acceptors (Lipinski definition) is 4. The first-order valence-electron chi connectivity index (χ1n) is 5.41. The Bertz CT molecular complexity index is 523. The number of hydrogen-bond donors (Lipinski definition) is 2. The highest BCUT2D eigenvalue weighted by Gasteiger charge is 2.09. The lowest BCUT2D eigenvalue weighted by atomic mass is 10.1. The number of carboxylic acid groups (broad SMARTS) is 1. The highest BCUT2D eigenvalue weighted by molar-refractivity contribution is 5.68. The molecular formula is C11H14N4O2. The van der Waals surface area contributed by atoms with Gasteiger partial charge in [-0.1, -0.05) is 6.92 Å². The summed E-state index contributed by atoms with van der Waals surface area (Å²) >= 11 is 0. The summed E-state index contributed by atoms with van der Waals surface area (Å²) in [6.07, 6.45) is 5.27. The number of rotatable bonds is 5. The van der Waals surface area contributed by atoms with Gasteiger partial charge in [-0.2, -0.15) is 5.10 Å². The summed E-state index contributed by atoms with van der Waals surface area (Å²) in [6, 6.07) is 1.86. The predicted octanol–water partition coefficient (Wildman–Crippen LogP) is 1.25. The van der Waals surface area contributed by atoms with E-state index in [0.29, 0.717) is 6.54 Å². The molecule has 0 aliphatic carbocycles. The highest BCUT2D eigenvalue weighted by atomic mass is 16.4. The summed E-state index contributed by atoms with van der Waals surface area (Å²) in [4.78, 5) is 14.7. The average Bonchev–Trinajstić information content (AvgIpc) is 2.73. The van der Waals surface area contributed by atoms with Gasteiger partial charge < -0.3 is 10.4 Å². The molecule has 0 aliphatic rings. The van der Waals surface area contributed by atoms with E-state index in [1.165, 1.54) is 0 Å². The van der Waals surface area contributed by atoms with Crippen molar-refractivity contribution in [2.24, 2.45) is 5.92 Å². The lowest BCUT2D eigenvalue weighted by Gasteiger charge is -2.11. The molecule has 0 aromatic carbocycles. The Morgan fingerprint density at radius 1 is 1.59 bits per heavy atom. The summed E-state index contributed by atoms with van der Waals surface area (Å²) < 4.78 is 1.72. The van der Waals surface area contributed by atoms with Gasteiger partial charge in [0.1, 0.15) is 5.52 Å². The minimum absolute atomic E-state index is 0.0532. The van der Waals surface area contributed by atoms with Crippen LogP contribution in [-0.2, 0) is 4.79 Å². The van der Waals surface area contributed by atoms with E-state index in [9.17, 15) is 4.79 Å². The smallest absolute Gasteiger partial charge is 0.303 e. The zero-order chi connectivity index (χ0) is 12.3. The third kappa shape index (κ3) is 2.72. The Balaban J connectivity index is 2.03. The van der Waals surface area contributed by atoms with E-state index in [-0.39, 0.29) is 12.3 Å². The first-order chi connectivity index (χ1) is 8.16. The molecule has 2 aromatic heterocycles. The van der Waals surface area contributed by atoms with E-state index in [1.807, 2.05) is 13.0 Å². The Morgan fingerprint density at radius 2 is 2.41 bits per heavy atom. The van der Waals surface area contributed by atoms with Crippen LogP contribution >= 0.6 is 0 Å². The minimum Gasteiger partial charge on any atom is -0.481 e. The number of nitrogens with one attached hydrogen (secondary N) is 1. The van der Waals surface area contributed by atoms with Crippen molar-refractivity contribution in [3.8, 4) is 0 Å². The maximum atomic E-state index is 10.5. The van der Waals surface area contributed by atoms with Gasteiger partial charge in [-0.3, -0.25) is 4.79 Å². The van der Waals surface area contributed by atoms with Crippen molar-refractivity contribution >= 4 is 17.3 Å². The van der Waals surface area contributed by atoms with Crippen LogP contribution in [0.25, 0.3) is 5.52 Å². The van der Waals surface area contributed by atoms with E-state index in [0.717, 1.165) is 11.3 Å². The van der Waals surface area contributed by atoms with Gasteiger partial charge in [-0.25, -0.2) is 9.50 Å². The number of aliphatic carboxylic acids is 1. The lowest BCUT2D eigenvalue weighted by molar-refractivity contribution is -0.137. The molecule has 90 valence electrons. The second-order valence-electron chi connectivity index (χ2n) is 4.02. The molecule has 2 N–H and O–H groups in total. The standard InChI is InChI=1S/C11H14N4O2/c1-8(6-10(16)17)7-13-11-9-2-3-14-15(9)5-4-12-11/h2-5,8H,6-7H2,1H3,(H,12,13)(H,16,17). The molecule has 6 heteroatoms. The minimum atomic E-state index is -0.783. The number of aromatic nitrogens is 3. The van der Waals surface area contributed by atoms with Gasteiger partial charge in [0.25, 0.3) is 0 Å². The van der Waals surface area contributed by atoms with Gasteiger partial charge in [0.05, 0.1) is 6.20 Å². The average molecular weight is 234 g/mol. The van der Waals surface area contributed by atoms with Crippen molar-refractivity contribution in [3.05, 3.63) is 24.7 Å². The highest BCUT2D eigenvalue weighted by Crippen LogP contribution is 2.13. The fourth-order valence-corrected chi connectivity index (χ4v) is 1.64. The molecule has 0 saturated carbocycles. The van der Waals surface area contributed by atoms with Gasteiger partial charge >= 0.3 is 5.97 Å². The first-order valence-corrected chi connectivity index (χ1v) is 5.41. The van der Waals surface area contributed by atoms with Gasteiger partial charge in [-0.15, -0.1) is 0 Å².